The lowest BCUT2D eigenvalue weighted by Gasteiger charge is -2.27. The van der Waals surface area contributed by atoms with Crippen molar-refractivity contribution < 1.29 is 13.2 Å². The Morgan fingerprint density at radius 3 is 2.50 bits per heavy atom. The van der Waals surface area contributed by atoms with E-state index in [1.165, 1.54) is 10.9 Å². The summed E-state index contributed by atoms with van der Waals surface area (Å²) in [5.74, 6) is -2.85. The molecule has 6 heteroatoms. The van der Waals surface area contributed by atoms with Crippen molar-refractivity contribution in [2.75, 3.05) is 13.1 Å². The second-order valence-electron chi connectivity index (χ2n) is 4.26. The highest BCUT2D eigenvalue weighted by Crippen LogP contribution is 2.25. The van der Waals surface area contributed by atoms with Crippen molar-refractivity contribution in [2.24, 2.45) is 0 Å². The topological polar surface area (TPSA) is 29.9 Å². The number of nitrogens with zero attached hydrogens (tertiary/aromatic N) is 2. The Morgan fingerprint density at radius 2 is 1.83 bits per heavy atom. The quantitative estimate of drug-likeness (QED) is 0.829. The van der Waals surface area contributed by atoms with Gasteiger partial charge in [0.2, 0.25) is 0 Å². The smallest absolute Gasteiger partial charge is 0.161 e. The van der Waals surface area contributed by atoms with E-state index < -0.39 is 17.5 Å². The molecule has 1 aliphatic rings. The first kappa shape index (κ1) is 11.3. The molecule has 1 N–H and O–H groups in total. The first-order chi connectivity index (χ1) is 8.66. The van der Waals surface area contributed by atoms with Gasteiger partial charge < -0.3 is 5.32 Å². The van der Waals surface area contributed by atoms with Gasteiger partial charge in [-0.25, -0.2) is 18.2 Å². The summed E-state index contributed by atoms with van der Waals surface area (Å²) in [5.41, 5.74) is 0.770. The molecule has 2 heterocycles. The molecule has 1 saturated heterocycles. The maximum absolute atomic E-state index is 13.7. The van der Waals surface area contributed by atoms with Crippen LogP contribution in [0.4, 0.5) is 13.2 Å². The summed E-state index contributed by atoms with van der Waals surface area (Å²) < 4.78 is 41.2. The molecular weight excluding hydrogens is 243 g/mol. The molecular formula is C12H10F3N3. The van der Waals surface area contributed by atoms with Crippen molar-refractivity contribution in [3.63, 3.8) is 0 Å². The van der Waals surface area contributed by atoms with Gasteiger partial charge in [-0.1, -0.05) is 0 Å². The third-order valence-corrected chi connectivity index (χ3v) is 3.12. The molecule has 0 aliphatic carbocycles. The van der Waals surface area contributed by atoms with Gasteiger partial charge in [0.1, 0.15) is 5.82 Å². The van der Waals surface area contributed by atoms with E-state index in [4.69, 9.17) is 0 Å². The van der Waals surface area contributed by atoms with Gasteiger partial charge in [-0.05, 0) is 0 Å². The standard InChI is InChI=1S/C12H10F3N3/c13-8-1-10(15)11(2-9(8)14)18-6-17-5-12(18)7-3-16-4-7/h1-2,5-7,16H,3-4H2. The van der Waals surface area contributed by atoms with Crippen LogP contribution in [0.5, 0.6) is 0 Å². The van der Waals surface area contributed by atoms with E-state index in [1.54, 1.807) is 6.20 Å². The van der Waals surface area contributed by atoms with Crippen LogP contribution in [0.3, 0.4) is 0 Å². The lowest BCUT2D eigenvalue weighted by Crippen LogP contribution is -2.40. The van der Waals surface area contributed by atoms with Crippen LogP contribution in [-0.4, -0.2) is 22.6 Å². The van der Waals surface area contributed by atoms with Crippen LogP contribution < -0.4 is 5.32 Å². The molecule has 0 spiro atoms. The Balaban J connectivity index is 2.09. The Kier molecular flexibility index (Phi) is 2.59. The maximum Gasteiger partial charge on any atom is 0.161 e. The number of benzene rings is 1. The summed E-state index contributed by atoms with van der Waals surface area (Å²) in [4.78, 5) is 3.95. The molecule has 0 unspecified atom stereocenters. The van der Waals surface area contributed by atoms with E-state index in [2.05, 4.69) is 10.3 Å². The first-order valence-corrected chi connectivity index (χ1v) is 5.54. The Labute approximate surface area is 101 Å². The van der Waals surface area contributed by atoms with Gasteiger partial charge in [-0.15, -0.1) is 0 Å². The van der Waals surface area contributed by atoms with Crippen LogP contribution in [-0.2, 0) is 0 Å². The molecule has 0 saturated carbocycles. The van der Waals surface area contributed by atoms with Crippen LogP contribution in [0, 0.1) is 17.5 Å². The monoisotopic (exact) mass is 253 g/mol. The summed E-state index contributed by atoms with van der Waals surface area (Å²) in [6.07, 6.45) is 3.02. The van der Waals surface area contributed by atoms with Gasteiger partial charge in [0, 0.05) is 43.0 Å². The number of hydrogen-bond acceptors (Lipinski definition) is 2. The van der Waals surface area contributed by atoms with Crippen LogP contribution in [0.15, 0.2) is 24.7 Å². The minimum atomic E-state index is -1.19. The molecule has 0 bridgehead atoms. The maximum atomic E-state index is 13.7. The molecule has 1 aromatic heterocycles. The highest BCUT2D eigenvalue weighted by Gasteiger charge is 2.24. The third kappa shape index (κ3) is 1.69. The van der Waals surface area contributed by atoms with E-state index in [1.807, 2.05) is 0 Å². The zero-order valence-electron chi connectivity index (χ0n) is 9.33. The van der Waals surface area contributed by atoms with Crippen LogP contribution in [0.2, 0.25) is 0 Å². The summed E-state index contributed by atoms with van der Waals surface area (Å²) in [6.45, 7) is 1.55. The number of halogens is 3. The van der Waals surface area contributed by atoms with E-state index in [0.717, 1.165) is 24.8 Å². The summed E-state index contributed by atoms with van der Waals surface area (Å²) in [6, 6.07) is 1.40. The second kappa shape index (κ2) is 4.13. The van der Waals surface area contributed by atoms with Gasteiger partial charge in [0.25, 0.3) is 0 Å². The molecule has 1 aromatic carbocycles. The summed E-state index contributed by atoms with van der Waals surface area (Å²) >= 11 is 0. The average molecular weight is 253 g/mol. The van der Waals surface area contributed by atoms with Crippen LogP contribution in [0.1, 0.15) is 11.6 Å². The van der Waals surface area contributed by atoms with E-state index in [-0.39, 0.29) is 11.6 Å². The fraction of sp³-hybridized carbons (Fsp3) is 0.250. The van der Waals surface area contributed by atoms with Crippen molar-refractivity contribution >= 4 is 0 Å². The predicted molar refractivity (Wildman–Crippen MR) is 59.0 cm³/mol. The van der Waals surface area contributed by atoms with Gasteiger partial charge in [-0.2, -0.15) is 0 Å². The van der Waals surface area contributed by atoms with Crippen molar-refractivity contribution in [1.29, 1.82) is 0 Å². The Bertz CT molecular complexity index is 590. The van der Waals surface area contributed by atoms with Crippen molar-refractivity contribution in [2.45, 2.75) is 5.92 Å². The molecule has 18 heavy (non-hydrogen) atoms. The van der Waals surface area contributed by atoms with Crippen LogP contribution >= 0.6 is 0 Å². The first-order valence-electron chi connectivity index (χ1n) is 5.54. The fourth-order valence-corrected chi connectivity index (χ4v) is 2.00. The minimum Gasteiger partial charge on any atom is -0.315 e. The lowest BCUT2D eigenvalue weighted by molar-refractivity contribution is 0.433. The SMILES string of the molecule is Fc1cc(F)c(-n2cncc2C2CNC2)cc1F. The second-order valence-corrected chi connectivity index (χ2v) is 4.26. The fourth-order valence-electron chi connectivity index (χ4n) is 2.00. The number of nitrogens with one attached hydrogen (secondary N) is 1. The zero-order chi connectivity index (χ0) is 12.7. The van der Waals surface area contributed by atoms with Crippen molar-refractivity contribution in [3.05, 3.63) is 47.8 Å². The third-order valence-electron chi connectivity index (χ3n) is 3.12. The lowest BCUT2D eigenvalue weighted by atomic mass is 10.00. The normalized spacial score (nSPS) is 15.7. The Hall–Kier alpha value is -1.82. The van der Waals surface area contributed by atoms with Gasteiger partial charge >= 0.3 is 0 Å². The molecule has 0 atom stereocenters. The average Bonchev–Trinajstić information content (AvgIpc) is 2.70. The summed E-state index contributed by atoms with van der Waals surface area (Å²) in [5, 5.41) is 3.09. The van der Waals surface area contributed by atoms with Gasteiger partial charge in [0.15, 0.2) is 11.6 Å². The van der Waals surface area contributed by atoms with Crippen molar-refractivity contribution in [3.8, 4) is 5.69 Å². The molecule has 0 amide bonds. The zero-order valence-corrected chi connectivity index (χ0v) is 9.33. The highest BCUT2D eigenvalue weighted by molar-refractivity contribution is 5.37. The largest absolute Gasteiger partial charge is 0.315 e. The molecule has 94 valence electrons. The predicted octanol–water partition coefficient (Wildman–Crippen LogP) is 1.98. The van der Waals surface area contributed by atoms with Gasteiger partial charge in [0.05, 0.1) is 12.0 Å². The number of imidazole rings is 1. The molecule has 1 fully saturated rings. The van der Waals surface area contributed by atoms with E-state index in [0.29, 0.717) is 6.07 Å². The highest BCUT2D eigenvalue weighted by atomic mass is 19.2. The number of aromatic nitrogens is 2. The molecule has 2 aromatic rings. The van der Waals surface area contributed by atoms with Crippen LogP contribution in [0.25, 0.3) is 5.69 Å². The van der Waals surface area contributed by atoms with Gasteiger partial charge in [-0.3, -0.25) is 4.57 Å². The molecule has 0 radical (unpaired) electrons. The minimum absolute atomic E-state index is 0.0201. The van der Waals surface area contributed by atoms with E-state index in [9.17, 15) is 13.2 Å². The Morgan fingerprint density at radius 1 is 1.11 bits per heavy atom. The summed E-state index contributed by atoms with van der Waals surface area (Å²) in [7, 11) is 0. The number of hydrogen-bond donors (Lipinski definition) is 1. The van der Waals surface area contributed by atoms with E-state index >= 15 is 0 Å². The number of rotatable bonds is 2. The molecule has 3 rings (SSSR count). The molecule has 3 nitrogen and oxygen atoms in total. The molecule has 1 aliphatic heterocycles. The van der Waals surface area contributed by atoms with Crippen molar-refractivity contribution in [1.82, 2.24) is 14.9 Å².